The van der Waals surface area contributed by atoms with E-state index in [9.17, 15) is 9.59 Å². The highest BCUT2D eigenvalue weighted by Crippen LogP contribution is 2.37. The highest BCUT2D eigenvalue weighted by molar-refractivity contribution is 8.00. The molecule has 1 aromatic rings. The number of carbonyl (C=O) groups is 2. The second kappa shape index (κ2) is 5.92. The number of nitrogens with one attached hydrogen (secondary N) is 1. The van der Waals surface area contributed by atoms with Crippen LogP contribution in [0, 0.1) is 0 Å². The molecule has 7 heteroatoms. The van der Waals surface area contributed by atoms with Crippen molar-refractivity contribution < 1.29 is 14.3 Å². The van der Waals surface area contributed by atoms with Crippen LogP contribution in [-0.2, 0) is 4.74 Å². The number of esters is 1. The van der Waals surface area contributed by atoms with E-state index in [2.05, 4.69) is 5.32 Å². The van der Waals surface area contributed by atoms with Gasteiger partial charge in [-0.1, -0.05) is 0 Å². The molecule has 1 rings (SSSR count). The Morgan fingerprint density at radius 2 is 2.18 bits per heavy atom. The van der Waals surface area contributed by atoms with Crippen LogP contribution in [-0.4, -0.2) is 31.8 Å². The molecule has 0 unspecified atom stereocenters. The Morgan fingerprint density at radius 1 is 1.53 bits per heavy atom. The van der Waals surface area contributed by atoms with Gasteiger partial charge in [0.05, 0.1) is 16.5 Å². The summed E-state index contributed by atoms with van der Waals surface area (Å²) in [5.74, 6) is -0.779. The zero-order valence-electron chi connectivity index (χ0n) is 9.83. The third-order valence-electron chi connectivity index (χ3n) is 2.01. The molecule has 0 aliphatic carbocycles. The van der Waals surface area contributed by atoms with Crippen LogP contribution < -0.4 is 11.1 Å². The van der Waals surface area contributed by atoms with Crippen molar-refractivity contribution >= 4 is 40.7 Å². The van der Waals surface area contributed by atoms with Gasteiger partial charge in [-0.15, -0.1) is 23.1 Å². The number of hydrogen-bond donors (Lipinski definition) is 2. The van der Waals surface area contributed by atoms with E-state index in [4.69, 9.17) is 10.5 Å². The maximum Gasteiger partial charge on any atom is 0.342 e. The molecule has 0 saturated heterocycles. The average Bonchev–Trinajstić information content (AvgIpc) is 2.65. The minimum Gasteiger partial charge on any atom is -0.462 e. The molecule has 1 amide bonds. The number of amides is 1. The highest BCUT2D eigenvalue weighted by Gasteiger charge is 2.25. The number of nitrogen functional groups attached to an aromatic ring is 1. The number of hydrogen-bond acceptors (Lipinski definition) is 6. The van der Waals surface area contributed by atoms with Gasteiger partial charge in [0, 0.05) is 7.05 Å². The Labute approximate surface area is 108 Å². The van der Waals surface area contributed by atoms with Crippen molar-refractivity contribution in [3.63, 3.8) is 0 Å². The molecule has 0 spiro atoms. The first-order valence-electron chi connectivity index (χ1n) is 4.92. The maximum absolute atomic E-state index is 11.7. The second-order valence-corrected chi connectivity index (χ2v) is 5.11. The lowest BCUT2D eigenvalue weighted by molar-refractivity contribution is 0.0524. The molecule has 17 heavy (non-hydrogen) atoms. The summed E-state index contributed by atoms with van der Waals surface area (Å²) >= 11 is 2.57. The molecule has 0 radical (unpaired) electrons. The van der Waals surface area contributed by atoms with E-state index in [-0.39, 0.29) is 18.2 Å². The van der Waals surface area contributed by atoms with E-state index in [1.54, 1.807) is 6.92 Å². The van der Waals surface area contributed by atoms with Crippen LogP contribution in [0.1, 0.15) is 27.0 Å². The van der Waals surface area contributed by atoms with E-state index in [1.165, 1.54) is 30.1 Å². The molecule has 0 saturated carbocycles. The lowest BCUT2D eigenvalue weighted by atomic mass is 10.2. The normalized spacial score (nSPS) is 10.1. The molecule has 3 N–H and O–H groups in total. The van der Waals surface area contributed by atoms with Gasteiger partial charge in [0.2, 0.25) is 0 Å². The Bertz CT molecular complexity index is 443. The minimum absolute atomic E-state index is 0.192. The van der Waals surface area contributed by atoms with Crippen LogP contribution in [0.4, 0.5) is 5.69 Å². The van der Waals surface area contributed by atoms with Crippen LogP contribution in [0.25, 0.3) is 0 Å². The number of carbonyl (C=O) groups excluding carboxylic acids is 2. The number of ether oxygens (including phenoxy) is 1. The molecule has 5 nitrogen and oxygen atoms in total. The lowest BCUT2D eigenvalue weighted by Crippen LogP contribution is -2.18. The summed E-state index contributed by atoms with van der Waals surface area (Å²) in [4.78, 5) is 23.6. The van der Waals surface area contributed by atoms with E-state index in [0.717, 1.165) is 0 Å². The Hall–Kier alpha value is -1.21. The van der Waals surface area contributed by atoms with Crippen LogP contribution in [0.15, 0.2) is 4.21 Å². The van der Waals surface area contributed by atoms with Crippen LogP contribution in [0.2, 0.25) is 0 Å². The molecule has 0 bridgehead atoms. The summed E-state index contributed by atoms with van der Waals surface area (Å²) < 4.78 is 5.61. The lowest BCUT2D eigenvalue weighted by Gasteiger charge is -2.03. The quantitative estimate of drug-likeness (QED) is 0.643. The molecule has 0 fully saturated rings. The van der Waals surface area contributed by atoms with Gasteiger partial charge in [0.25, 0.3) is 5.91 Å². The third kappa shape index (κ3) is 2.73. The Morgan fingerprint density at radius 3 is 2.65 bits per heavy atom. The van der Waals surface area contributed by atoms with Gasteiger partial charge in [-0.25, -0.2) is 4.79 Å². The van der Waals surface area contributed by atoms with Crippen molar-refractivity contribution in [1.82, 2.24) is 5.32 Å². The standard InChI is InChI=1S/C10H14N2O3S2/c1-4-15-9(14)5-6(11)7(8(13)12-2)17-10(5)16-3/h4,11H2,1-3H3,(H,12,13). The first-order chi connectivity index (χ1) is 8.06. The van der Waals surface area contributed by atoms with Crippen molar-refractivity contribution in [3.8, 4) is 0 Å². The number of thioether (sulfide) groups is 1. The Balaban J connectivity index is 3.24. The fourth-order valence-electron chi connectivity index (χ4n) is 1.24. The predicted octanol–water partition coefficient (Wildman–Crippen LogP) is 1.59. The van der Waals surface area contributed by atoms with E-state index in [1.807, 2.05) is 6.26 Å². The molecular formula is C10H14N2O3S2. The summed E-state index contributed by atoms with van der Waals surface area (Å²) in [5.41, 5.74) is 6.31. The van der Waals surface area contributed by atoms with Gasteiger partial charge in [-0.2, -0.15) is 0 Å². The van der Waals surface area contributed by atoms with Gasteiger partial charge in [-0.05, 0) is 13.2 Å². The van der Waals surface area contributed by atoms with Crippen molar-refractivity contribution in [2.24, 2.45) is 0 Å². The molecule has 1 aromatic heterocycles. The monoisotopic (exact) mass is 274 g/mol. The van der Waals surface area contributed by atoms with Crippen LogP contribution in [0.5, 0.6) is 0 Å². The number of thiophene rings is 1. The highest BCUT2D eigenvalue weighted by atomic mass is 32.2. The minimum atomic E-state index is -0.485. The smallest absolute Gasteiger partial charge is 0.342 e. The predicted molar refractivity (Wildman–Crippen MR) is 69.9 cm³/mol. The zero-order valence-corrected chi connectivity index (χ0v) is 11.5. The molecule has 0 aliphatic rings. The maximum atomic E-state index is 11.7. The van der Waals surface area contributed by atoms with E-state index >= 15 is 0 Å². The van der Waals surface area contributed by atoms with Gasteiger partial charge in [0.1, 0.15) is 10.4 Å². The Kier molecular flexibility index (Phi) is 4.83. The molecule has 0 atom stereocenters. The topological polar surface area (TPSA) is 81.4 Å². The summed E-state index contributed by atoms with van der Waals surface area (Å²) in [5, 5.41) is 2.49. The fourth-order valence-corrected chi connectivity index (χ4v) is 3.11. The summed E-state index contributed by atoms with van der Waals surface area (Å²) in [7, 11) is 1.52. The van der Waals surface area contributed by atoms with Crippen molar-refractivity contribution in [2.75, 3.05) is 25.6 Å². The van der Waals surface area contributed by atoms with Crippen molar-refractivity contribution in [3.05, 3.63) is 10.4 Å². The zero-order chi connectivity index (χ0) is 13.0. The van der Waals surface area contributed by atoms with Gasteiger partial charge in [0.15, 0.2) is 0 Å². The van der Waals surface area contributed by atoms with Gasteiger partial charge < -0.3 is 15.8 Å². The summed E-state index contributed by atoms with van der Waals surface area (Å²) in [6, 6.07) is 0. The second-order valence-electron chi connectivity index (χ2n) is 3.01. The SMILES string of the molecule is CCOC(=O)c1c(SC)sc(C(=O)NC)c1N. The average molecular weight is 274 g/mol. The fraction of sp³-hybridized carbons (Fsp3) is 0.400. The molecule has 0 aromatic carbocycles. The molecular weight excluding hydrogens is 260 g/mol. The van der Waals surface area contributed by atoms with Crippen LogP contribution >= 0.6 is 23.1 Å². The first kappa shape index (κ1) is 13.9. The van der Waals surface area contributed by atoms with Gasteiger partial charge >= 0.3 is 5.97 Å². The van der Waals surface area contributed by atoms with Crippen molar-refractivity contribution in [1.29, 1.82) is 0 Å². The van der Waals surface area contributed by atoms with E-state index < -0.39 is 5.97 Å². The first-order valence-corrected chi connectivity index (χ1v) is 6.96. The summed E-state index contributed by atoms with van der Waals surface area (Å²) in [6.45, 7) is 2.00. The van der Waals surface area contributed by atoms with Crippen molar-refractivity contribution in [2.45, 2.75) is 11.1 Å². The number of anilines is 1. The molecule has 0 aliphatic heterocycles. The van der Waals surface area contributed by atoms with Crippen LogP contribution in [0.3, 0.4) is 0 Å². The largest absolute Gasteiger partial charge is 0.462 e. The third-order valence-corrected chi connectivity index (χ3v) is 4.33. The number of nitrogens with two attached hydrogens (primary N) is 1. The molecule has 94 valence electrons. The molecule has 1 heterocycles. The van der Waals surface area contributed by atoms with Gasteiger partial charge in [-0.3, -0.25) is 4.79 Å². The van der Waals surface area contributed by atoms with E-state index in [0.29, 0.717) is 14.6 Å². The summed E-state index contributed by atoms with van der Waals surface area (Å²) in [6.07, 6.45) is 1.82. The number of rotatable bonds is 4.